The molecule has 100 valence electrons. The molecule has 3 rings (SSSR count). The number of para-hydroxylation sites is 1. The average molecular weight is 261 g/mol. The highest BCUT2D eigenvalue weighted by Crippen LogP contribution is 2.31. The predicted octanol–water partition coefficient (Wildman–Crippen LogP) is 3.80. The van der Waals surface area contributed by atoms with E-state index in [1.165, 1.54) is 16.8 Å². The Balaban J connectivity index is 1.77. The first-order chi connectivity index (χ1) is 9.74. The van der Waals surface area contributed by atoms with E-state index in [1.807, 2.05) is 0 Å². The molecule has 0 amide bonds. The number of hydrogen-bond donors (Lipinski definition) is 0. The Hall–Kier alpha value is -2.20. The van der Waals surface area contributed by atoms with E-state index < -0.39 is 0 Å². The Kier molecular flexibility index (Phi) is 3.48. The summed E-state index contributed by atoms with van der Waals surface area (Å²) in [7, 11) is 0. The van der Waals surface area contributed by atoms with Crippen LogP contribution in [-0.2, 0) is 6.42 Å². The number of benzene rings is 2. The van der Waals surface area contributed by atoms with Crippen molar-refractivity contribution >= 4 is 5.69 Å². The van der Waals surface area contributed by atoms with Crippen molar-refractivity contribution in [3.8, 4) is 11.8 Å². The SMILES string of the molecule is Cc1cccc(C#CCN2c3ccccc3CC2C)c1. The summed E-state index contributed by atoms with van der Waals surface area (Å²) >= 11 is 0. The van der Waals surface area contributed by atoms with E-state index in [9.17, 15) is 0 Å². The van der Waals surface area contributed by atoms with Crippen molar-refractivity contribution in [1.82, 2.24) is 0 Å². The lowest BCUT2D eigenvalue weighted by Crippen LogP contribution is -2.29. The third-order valence-corrected chi connectivity index (χ3v) is 3.85. The third-order valence-electron chi connectivity index (χ3n) is 3.85. The van der Waals surface area contributed by atoms with Crippen LogP contribution in [0.5, 0.6) is 0 Å². The zero-order chi connectivity index (χ0) is 13.9. The normalized spacial score (nSPS) is 16.5. The topological polar surface area (TPSA) is 3.24 Å². The Morgan fingerprint density at radius 1 is 1.15 bits per heavy atom. The van der Waals surface area contributed by atoms with Gasteiger partial charge in [0.15, 0.2) is 0 Å². The van der Waals surface area contributed by atoms with Crippen molar-refractivity contribution in [2.24, 2.45) is 0 Å². The molecule has 20 heavy (non-hydrogen) atoms. The van der Waals surface area contributed by atoms with Gasteiger partial charge in [-0.3, -0.25) is 0 Å². The Morgan fingerprint density at radius 2 is 2.00 bits per heavy atom. The fourth-order valence-corrected chi connectivity index (χ4v) is 2.82. The van der Waals surface area contributed by atoms with Crippen LogP contribution in [0.15, 0.2) is 48.5 Å². The van der Waals surface area contributed by atoms with Crippen molar-refractivity contribution in [3.63, 3.8) is 0 Å². The summed E-state index contributed by atoms with van der Waals surface area (Å²) in [6, 6.07) is 17.6. The first kappa shape index (κ1) is 12.8. The van der Waals surface area contributed by atoms with Gasteiger partial charge in [-0.25, -0.2) is 0 Å². The standard InChI is InChI=1S/C19H19N/c1-15-7-5-8-17(13-15)9-6-12-20-16(2)14-18-10-3-4-11-19(18)20/h3-5,7-8,10-11,13,16H,12,14H2,1-2H3. The molecular weight excluding hydrogens is 242 g/mol. The molecule has 1 heterocycles. The molecule has 1 aliphatic rings. The van der Waals surface area contributed by atoms with Gasteiger partial charge in [0.05, 0.1) is 6.54 Å². The van der Waals surface area contributed by atoms with Crippen LogP contribution in [-0.4, -0.2) is 12.6 Å². The number of anilines is 1. The number of aryl methyl sites for hydroxylation is 1. The molecule has 0 saturated carbocycles. The molecule has 0 saturated heterocycles. The minimum atomic E-state index is 0.541. The molecule has 0 aromatic heterocycles. The second kappa shape index (κ2) is 5.43. The van der Waals surface area contributed by atoms with Crippen molar-refractivity contribution in [3.05, 3.63) is 65.2 Å². The molecule has 1 unspecified atom stereocenters. The lowest BCUT2D eigenvalue weighted by Gasteiger charge is -2.21. The third kappa shape index (κ3) is 2.56. The van der Waals surface area contributed by atoms with Crippen LogP contribution in [0.25, 0.3) is 0 Å². The highest BCUT2D eigenvalue weighted by Gasteiger charge is 2.24. The number of hydrogen-bond acceptors (Lipinski definition) is 1. The fourth-order valence-electron chi connectivity index (χ4n) is 2.82. The summed E-state index contributed by atoms with van der Waals surface area (Å²) < 4.78 is 0. The maximum Gasteiger partial charge on any atom is 0.0801 e. The van der Waals surface area contributed by atoms with Crippen molar-refractivity contribution in [2.75, 3.05) is 11.4 Å². The van der Waals surface area contributed by atoms with Gasteiger partial charge in [-0.05, 0) is 49.6 Å². The van der Waals surface area contributed by atoms with Gasteiger partial charge in [0, 0.05) is 17.3 Å². The van der Waals surface area contributed by atoms with E-state index in [1.54, 1.807) is 0 Å². The first-order valence-electron chi connectivity index (χ1n) is 7.14. The van der Waals surface area contributed by atoms with Crippen molar-refractivity contribution in [2.45, 2.75) is 26.3 Å². The van der Waals surface area contributed by atoms with Gasteiger partial charge in [0.25, 0.3) is 0 Å². The molecule has 0 spiro atoms. The molecule has 2 aromatic carbocycles. The Labute approximate surface area is 121 Å². The Bertz CT molecular complexity index is 675. The van der Waals surface area contributed by atoms with Crippen molar-refractivity contribution < 1.29 is 0 Å². The molecule has 0 bridgehead atoms. The molecule has 2 aromatic rings. The van der Waals surface area contributed by atoms with E-state index in [-0.39, 0.29) is 0 Å². The van der Waals surface area contributed by atoms with Crippen LogP contribution >= 0.6 is 0 Å². The van der Waals surface area contributed by atoms with Gasteiger partial charge in [-0.1, -0.05) is 42.2 Å². The van der Waals surface area contributed by atoms with Crippen LogP contribution < -0.4 is 4.90 Å². The van der Waals surface area contributed by atoms with Crippen LogP contribution in [0.3, 0.4) is 0 Å². The number of nitrogens with zero attached hydrogens (tertiary/aromatic N) is 1. The monoisotopic (exact) mass is 261 g/mol. The predicted molar refractivity (Wildman–Crippen MR) is 85.0 cm³/mol. The highest BCUT2D eigenvalue weighted by atomic mass is 15.2. The van der Waals surface area contributed by atoms with E-state index in [2.05, 4.69) is 79.1 Å². The minimum absolute atomic E-state index is 0.541. The molecule has 1 heteroatoms. The number of rotatable bonds is 1. The molecular formula is C19H19N. The van der Waals surface area contributed by atoms with E-state index in [4.69, 9.17) is 0 Å². The molecule has 0 fully saturated rings. The summed E-state index contributed by atoms with van der Waals surface area (Å²) in [5.74, 6) is 6.59. The molecule has 0 N–H and O–H groups in total. The van der Waals surface area contributed by atoms with Gasteiger partial charge in [-0.2, -0.15) is 0 Å². The molecule has 0 radical (unpaired) electrons. The number of fused-ring (bicyclic) bond motifs is 1. The van der Waals surface area contributed by atoms with Gasteiger partial charge in [0.1, 0.15) is 0 Å². The zero-order valence-corrected chi connectivity index (χ0v) is 12.1. The summed E-state index contributed by atoms with van der Waals surface area (Å²) in [5, 5.41) is 0. The van der Waals surface area contributed by atoms with Crippen LogP contribution in [0, 0.1) is 18.8 Å². The minimum Gasteiger partial charge on any atom is -0.357 e. The quantitative estimate of drug-likeness (QED) is 0.706. The first-order valence-corrected chi connectivity index (χ1v) is 7.14. The lowest BCUT2D eigenvalue weighted by atomic mass is 10.1. The average Bonchev–Trinajstić information content (AvgIpc) is 2.75. The van der Waals surface area contributed by atoms with Gasteiger partial charge in [-0.15, -0.1) is 0 Å². The maximum absolute atomic E-state index is 3.32. The smallest absolute Gasteiger partial charge is 0.0801 e. The zero-order valence-electron chi connectivity index (χ0n) is 12.1. The van der Waals surface area contributed by atoms with Crippen LogP contribution in [0.1, 0.15) is 23.6 Å². The largest absolute Gasteiger partial charge is 0.357 e. The molecule has 1 atom stereocenters. The molecule has 1 nitrogen and oxygen atoms in total. The van der Waals surface area contributed by atoms with E-state index >= 15 is 0 Å². The van der Waals surface area contributed by atoms with Crippen LogP contribution in [0.2, 0.25) is 0 Å². The van der Waals surface area contributed by atoms with Crippen molar-refractivity contribution in [1.29, 1.82) is 0 Å². The summed E-state index contributed by atoms with van der Waals surface area (Å²) in [6.45, 7) is 5.17. The van der Waals surface area contributed by atoms with Gasteiger partial charge in [0.2, 0.25) is 0 Å². The molecule has 1 aliphatic heterocycles. The van der Waals surface area contributed by atoms with Gasteiger partial charge >= 0.3 is 0 Å². The molecule has 0 aliphatic carbocycles. The van der Waals surface area contributed by atoms with E-state index in [0.29, 0.717) is 6.04 Å². The maximum atomic E-state index is 3.32. The second-order valence-corrected chi connectivity index (χ2v) is 5.48. The highest BCUT2D eigenvalue weighted by molar-refractivity contribution is 5.60. The summed E-state index contributed by atoms with van der Waals surface area (Å²) in [4.78, 5) is 2.40. The van der Waals surface area contributed by atoms with E-state index in [0.717, 1.165) is 18.5 Å². The van der Waals surface area contributed by atoms with Gasteiger partial charge < -0.3 is 4.90 Å². The summed E-state index contributed by atoms with van der Waals surface area (Å²) in [5.41, 5.74) is 5.15. The lowest BCUT2D eigenvalue weighted by molar-refractivity contribution is 0.711. The summed E-state index contributed by atoms with van der Waals surface area (Å²) in [6.07, 6.45) is 1.13. The Morgan fingerprint density at radius 3 is 2.85 bits per heavy atom. The second-order valence-electron chi connectivity index (χ2n) is 5.48. The fraction of sp³-hybridized carbons (Fsp3) is 0.263. The van der Waals surface area contributed by atoms with Crippen LogP contribution in [0.4, 0.5) is 5.69 Å².